The van der Waals surface area contributed by atoms with Gasteiger partial charge in [0.15, 0.2) is 23.3 Å². The van der Waals surface area contributed by atoms with Crippen molar-refractivity contribution in [2.45, 2.75) is 85.5 Å². The van der Waals surface area contributed by atoms with Gasteiger partial charge in [0, 0.05) is 62.1 Å². The Morgan fingerprint density at radius 1 is 0.387 bits per heavy atom. The molecule has 0 fully saturated rings. The van der Waals surface area contributed by atoms with Gasteiger partial charge in [0.25, 0.3) is 0 Å². The number of fused-ring (bicyclic) bond motifs is 1. The number of thiophene rings is 4. The molecule has 0 saturated heterocycles. The lowest BCUT2D eigenvalue weighted by atomic mass is 10.1. The van der Waals surface area contributed by atoms with Gasteiger partial charge in [-0.25, -0.2) is 54.3 Å². The van der Waals surface area contributed by atoms with Crippen LogP contribution in [0, 0.1) is 0 Å². The highest BCUT2D eigenvalue weighted by atomic mass is 32.1. The molecule has 8 aromatic heterocycles. The van der Waals surface area contributed by atoms with Crippen LogP contribution in [0.5, 0.6) is 5.75 Å². The number of ether oxygens (including phenoxy) is 1. The van der Waals surface area contributed by atoms with Gasteiger partial charge in [0.05, 0.1) is 55.4 Å². The monoisotopic (exact) mass is 1550 g/mol. The van der Waals surface area contributed by atoms with Gasteiger partial charge in [-0.3, -0.25) is 4.79 Å². The second-order valence-corrected chi connectivity index (χ2v) is 28.3. The van der Waals surface area contributed by atoms with E-state index in [1.165, 1.54) is 19.2 Å². The minimum atomic E-state index is -1.01. The van der Waals surface area contributed by atoms with Crippen LogP contribution in [0.1, 0.15) is 109 Å². The second-order valence-electron chi connectivity index (χ2n) is 24.5. The van der Waals surface area contributed by atoms with Crippen LogP contribution in [0.15, 0.2) is 224 Å². The third-order valence-electron chi connectivity index (χ3n) is 17.1. The van der Waals surface area contributed by atoms with Crippen molar-refractivity contribution in [1.82, 2.24) is 39.9 Å². The van der Waals surface area contributed by atoms with Crippen LogP contribution in [0.4, 0.5) is 46.0 Å². The number of nitrogens with zero attached hydrogens (tertiary/aromatic N) is 8. The fourth-order valence-electron chi connectivity index (χ4n) is 11.7. The molecular formula is C86H82N12O9S4. The minimum absolute atomic E-state index is 0.0119. The molecule has 0 bridgehead atoms. The van der Waals surface area contributed by atoms with Gasteiger partial charge in [-0.05, 0) is 192 Å². The van der Waals surface area contributed by atoms with Gasteiger partial charge < -0.3 is 46.4 Å². The number of anilines is 8. The van der Waals surface area contributed by atoms with E-state index in [0.717, 1.165) is 141 Å². The van der Waals surface area contributed by atoms with Crippen LogP contribution >= 0.6 is 45.3 Å². The summed E-state index contributed by atoms with van der Waals surface area (Å²) in [5.41, 5.74) is 12.5. The number of aromatic nitrogens is 8. The highest BCUT2D eigenvalue weighted by molar-refractivity contribution is 7.14. The summed E-state index contributed by atoms with van der Waals surface area (Å²) >= 11 is 6.40. The third kappa shape index (κ3) is 21.2. The Labute approximate surface area is 659 Å². The number of rotatable bonds is 30. The quantitative estimate of drug-likeness (QED) is 0.0194. The predicted molar refractivity (Wildman–Crippen MR) is 450 cm³/mol. The molecule has 0 aliphatic carbocycles. The van der Waals surface area contributed by atoms with Gasteiger partial charge >= 0.3 is 23.9 Å². The number of carbonyl (C=O) groups is 4. The normalized spacial score (nSPS) is 10.6. The Hall–Kier alpha value is -12.7. The fourth-order valence-corrected chi connectivity index (χ4v) is 14.3. The summed E-state index contributed by atoms with van der Waals surface area (Å²) in [6.45, 7) is 23.7. The van der Waals surface area contributed by atoms with E-state index in [0.29, 0.717) is 66.2 Å². The van der Waals surface area contributed by atoms with E-state index in [9.17, 15) is 29.4 Å². The number of aliphatic carboxylic acids is 1. The summed E-state index contributed by atoms with van der Waals surface area (Å²) in [4.78, 5) is 86.4. The molecule has 0 aliphatic heterocycles. The first-order chi connectivity index (χ1) is 53.9. The maximum Gasteiger partial charge on any atom is 0.335 e. The number of nitrogens with one attached hydrogen (secondary N) is 4. The molecule has 13 aromatic rings. The van der Waals surface area contributed by atoms with E-state index in [1.807, 2.05) is 143 Å². The Morgan fingerprint density at radius 3 is 1.05 bits per heavy atom. The highest BCUT2D eigenvalue weighted by Gasteiger charge is 2.21. The first-order valence-electron chi connectivity index (χ1n) is 35.5. The Kier molecular flexibility index (Phi) is 28.7. The van der Waals surface area contributed by atoms with Gasteiger partial charge in [-0.1, -0.05) is 101 Å². The van der Waals surface area contributed by atoms with Crippen molar-refractivity contribution < 1.29 is 44.3 Å². The van der Waals surface area contributed by atoms with Gasteiger partial charge in [-0.2, -0.15) is 0 Å². The summed E-state index contributed by atoms with van der Waals surface area (Å²) in [6, 6.07) is 45.6. The van der Waals surface area contributed by atoms with Crippen molar-refractivity contribution in [3.63, 3.8) is 0 Å². The largest absolute Gasteiger partial charge is 0.495 e. The Balaban J connectivity index is 0.000000157. The van der Waals surface area contributed by atoms with Crippen molar-refractivity contribution in [3.05, 3.63) is 291 Å². The number of aromatic carboxylic acids is 3. The van der Waals surface area contributed by atoms with Crippen LogP contribution in [0.2, 0.25) is 0 Å². The first kappa shape index (κ1) is 80.9. The molecule has 0 amide bonds. The van der Waals surface area contributed by atoms with E-state index in [-0.39, 0.29) is 23.1 Å². The maximum absolute atomic E-state index is 11.2. The number of carboxylic acid groups (broad SMARTS) is 4. The molecule has 21 nitrogen and oxygen atoms in total. The molecule has 25 heteroatoms. The predicted octanol–water partition coefficient (Wildman–Crippen LogP) is 20.8. The zero-order valence-corrected chi connectivity index (χ0v) is 65.1. The molecule has 0 radical (unpaired) electrons. The van der Waals surface area contributed by atoms with Crippen molar-refractivity contribution in [2.75, 3.05) is 28.4 Å². The van der Waals surface area contributed by atoms with Crippen LogP contribution in [-0.2, 0) is 62.6 Å². The second kappa shape index (κ2) is 39.4. The van der Waals surface area contributed by atoms with Crippen molar-refractivity contribution in [3.8, 4) is 48.6 Å². The first-order valence-corrected chi connectivity index (χ1v) is 39.0. The number of carboxylic acids is 4. The van der Waals surface area contributed by atoms with Gasteiger partial charge in [0.1, 0.15) is 29.0 Å². The van der Waals surface area contributed by atoms with E-state index in [2.05, 4.69) is 75.3 Å². The fraction of sp³-hybridized carbons (Fsp3) is 0.163. The minimum Gasteiger partial charge on any atom is -0.495 e. The number of hydrogen-bond donors (Lipinski definition) is 8. The molecule has 0 atom stereocenters. The SMILES string of the molecule is C=CCc1c(CC)nc(-c2cccs2)nc1Nc1ccc(C(=O)O)cc1.C=CCc1c(CC)nc(-c2cccs2)nc1Nc1ccc(C(=O)O)cc1OC.C=CCc1c(CC)nc(-c2cccs2)nc1Nc1ccc(CC(=O)O)cc1.C=CCc1c(CC)nc(-c2cccs2)nc1Nc1ccc2cc(C(=O)O)ccc2c1. The number of allylic oxidation sites excluding steroid dienone is 4. The lowest BCUT2D eigenvalue weighted by molar-refractivity contribution is -0.136. The standard InChI is InChI=1S/C24H21N3O2S.C21H21N3O3S.C21H21N3O2S.C20H19N3O2S/c1-3-6-19-20(4-2)26-23(21-7-5-12-30-21)27-22(19)25-18-11-10-15-13-17(24(28)29)9-8-16(15)14-18;1-4-7-14-15(5-2)22-20(18-8-6-11-28-18)24-19(14)23-16-10-9-13(21(25)26)12-17(16)27-3;1-3-6-16-17(4-2)23-21(18-7-5-12-27-18)24-20(16)22-15-10-8-14(9-11-15)13-19(25)26;1-3-6-15-16(4-2)22-19(17-7-5-12-26-17)23-18(15)21-14-10-8-13(9-11-14)20(24)25/h3,5,7-14H,1,4,6H2,2H3,(H,28,29)(H,25,26,27);4,6,8-12H,1,5,7H2,2-3H3,(H,25,26)(H,22,23,24);3,5,7-12H,1,4,6,13H2,2H3,(H,25,26)(H,22,23,24);3,5,7-12H,1,4,6H2,2H3,(H,24,25)(H,21,22,23). The van der Waals surface area contributed by atoms with Crippen molar-refractivity contribution in [2.24, 2.45) is 0 Å². The topological polar surface area (TPSA) is 310 Å². The smallest absolute Gasteiger partial charge is 0.335 e. The molecule has 0 saturated carbocycles. The molecule has 0 spiro atoms. The summed E-state index contributed by atoms with van der Waals surface area (Å²) < 4.78 is 5.38. The van der Waals surface area contributed by atoms with Gasteiger partial charge in [0.2, 0.25) is 0 Å². The summed E-state index contributed by atoms with van der Waals surface area (Å²) in [5.74, 6) is 2.39. The average Bonchev–Trinajstić information content (AvgIpc) is 1.10. The van der Waals surface area contributed by atoms with Crippen molar-refractivity contribution >= 4 is 126 Å². The zero-order chi connectivity index (χ0) is 78.9. The number of benzene rings is 5. The molecule has 13 rings (SSSR count). The van der Waals surface area contributed by atoms with E-state index in [4.69, 9.17) is 54.8 Å². The van der Waals surface area contributed by atoms with E-state index >= 15 is 0 Å². The summed E-state index contributed by atoms with van der Waals surface area (Å²) in [6.07, 6.45) is 13.1. The third-order valence-corrected chi connectivity index (χ3v) is 20.6. The lowest BCUT2D eigenvalue weighted by Gasteiger charge is -2.17. The van der Waals surface area contributed by atoms with E-state index < -0.39 is 23.9 Å². The highest BCUT2D eigenvalue weighted by Crippen LogP contribution is 2.36. The van der Waals surface area contributed by atoms with Crippen LogP contribution < -0.4 is 26.0 Å². The van der Waals surface area contributed by atoms with Crippen molar-refractivity contribution in [1.29, 1.82) is 0 Å². The molecular weight excluding hydrogens is 1470 g/mol. The van der Waals surface area contributed by atoms with E-state index in [1.54, 1.807) is 87.8 Å². The summed E-state index contributed by atoms with van der Waals surface area (Å²) in [7, 11) is 1.51. The van der Waals surface area contributed by atoms with Gasteiger partial charge in [-0.15, -0.1) is 71.7 Å². The summed E-state index contributed by atoms with van der Waals surface area (Å²) in [5, 5.41) is 59.6. The molecule has 8 N–H and O–H groups in total. The van der Waals surface area contributed by atoms with Crippen LogP contribution in [0.3, 0.4) is 0 Å². The molecule has 111 heavy (non-hydrogen) atoms. The number of methoxy groups -OCH3 is 1. The molecule has 5 aromatic carbocycles. The zero-order valence-electron chi connectivity index (χ0n) is 61.8. The average molecular weight is 1560 g/mol. The Morgan fingerprint density at radius 2 is 0.712 bits per heavy atom. The molecule has 0 unspecified atom stereocenters. The molecule has 564 valence electrons. The van der Waals surface area contributed by atoms with Crippen LogP contribution in [-0.4, -0.2) is 91.3 Å². The van der Waals surface area contributed by atoms with Crippen LogP contribution in [0.25, 0.3) is 53.6 Å². The molecule has 0 aliphatic rings. The number of hydrogen-bond acceptors (Lipinski definition) is 21. The number of aryl methyl sites for hydroxylation is 4. The maximum atomic E-state index is 11.2. The molecule has 8 heterocycles. The lowest BCUT2D eigenvalue weighted by Crippen LogP contribution is -2.08. The Bertz CT molecular complexity index is 5420.